The van der Waals surface area contributed by atoms with Crippen LogP contribution < -0.4 is 5.32 Å². The Kier molecular flexibility index (Phi) is 2.71. The predicted molar refractivity (Wildman–Crippen MR) is 48.7 cm³/mol. The van der Waals surface area contributed by atoms with Crippen molar-refractivity contribution in [3.63, 3.8) is 0 Å². The second-order valence-corrected chi connectivity index (χ2v) is 3.75. The largest absolute Gasteiger partial charge is 0.306 e. The van der Waals surface area contributed by atoms with E-state index in [0.717, 1.165) is 19.5 Å². The number of nitrogens with one attached hydrogen (secondary N) is 1. The zero-order valence-corrected chi connectivity index (χ0v) is 8.09. The first-order valence-electron chi connectivity index (χ1n) is 4.43. The lowest BCUT2D eigenvalue weighted by molar-refractivity contribution is 0.139. The second-order valence-electron chi connectivity index (χ2n) is 3.75. The number of nitriles is 1. The van der Waals surface area contributed by atoms with Crippen LogP contribution in [0.15, 0.2) is 0 Å². The Bertz CT molecular complexity index is 196. The van der Waals surface area contributed by atoms with Crippen LogP contribution in [0.5, 0.6) is 0 Å². The summed E-state index contributed by atoms with van der Waals surface area (Å²) in [5, 5.41) is 12.2. The van der Waals surface area contributed by atoms with E-state index in [-0.39, 0.29) is 5.54 Å². The summed E-state index contributed by atoms with van der Waals surface area (Å²) in [6, 6.07) is 2.40. The van der Waals surface area contributed by atoms with Crippen LogP contribution in [0.2, 0.25) is 0 Å². The second kappa shape index (κ2) is 3.42. The smallest absolute Gasteiger partial charge is 0.111 e. The number of hydrogen-bond acceptors (Lipinski definition) is 3. The van der Waals surface area contributed by atoms with Crippen molar-refractivity contribution in [2.75, 3.05) is 27.2 Å². The number of piperidine rings is 1. The van der Waals surface area contributed by atoms with E-state index in [2.05, 4.69) is 30.3 Å². The fourth-order valence-electron chi connectivity index (χ4n) is 1.92. The zero-order chi connectivity index (χ0) is 9.19. The third-order valence-corrected chi connectivity index (χ3v) is 2.96. The molecule has 1 aliphatic heterocycles. The van der Waals surface area contributed by atoms with Crippen molar-refractivity contribution in [2.24, 2.45) is 5.92 Å². The van der Waals surface area contributed by atoms with Crippen LogP contribution in [0, 0.1) is 17.2 Å². The normalized spacial score (nSPS) is 37.7. The lowest BCUT2D eigenvalue weighted by Crippen LogP contribution is -2.56. The molecule has 0 spiro atoms. The van der Waals surface area contributed by atoms with Crippen molar-refractivity contribution in [3.05, 3.63) is 0 Å². The Morgan fingerprint density at radius 1 is 1.67 bits per heavy atom. The monoisotopic (exact) mass is 167 g/mol. The van der Waals surface area contributed by atoms with Gasteiger partial charge in [0.25, 0.3) is 0 Å². The molecule has 1 N–H and O–H groups in total. The summed E-state index contributed by atoms with van der Waals surface area (Å²) >= 11 is 0. The van der Waals surface area contributed by atoms with Gasteiger partial charge in [0.1, 0.15) is 5.54 Å². The van der Waals surface area contributed by atoms with E-state index in [1.54, 1.807) is 0 Å². The van der Waals surface area contributed by atoms with E-state index in [1.165, 1.54) is 0 Å². The molecule has 1 fully saturated rings. The molecule has 0 saturated carbocycles. The van der Waals surface area contributed by atoms with Crippen LogP contribution in [-0.2, 0) is 0 Å². The van der Waals surface area contributed by atoms with Crippen LogP contribution in [0.4, 0.5) is 0 Å². The van der Waals surface area contributed by atoms with Crippen LogP contribution in [-0.4, -0.2) is 37.6 Å². The third kappa shape index (κ3) is 1.45. The van der Waals surface area contributed by atoms with E-state index in [1.807, 2.05) is 7.05 Å². The standard InChI is InChI=1S/C9H17N3/c1-8-6-12(3)5-4-9(8,7-10)11-2/h8,11H,4-6H2,1-3H3. The van der Waals surface area contributed by atoms with Gasteiger partial charge >= 0.3 is 0 Å². The minimum Gasteiger partial charge on any atom is -0.306 e. The Balaban J connectivity index is 2.72. The van der Waals surface area contributed by atoms with Gasteiger partial charge in [-0.15, -0.1) is 0 Å². The van der Waals surface area contributed by atoms with Crippen molar-refractivity contribution in [2.45, 2.75) is 18.9 Å². The van der Waals surface area contributed by atoms with Crippen molar-refractivity contribution in [1.82, 2.24) is 10.2 Å². The van der Waals surface area contributed by atoms with Crippen LogP contribution >= 0.6 is 0 Å². The summed E-state index contributed by atoms with van der Waals surface area (Å²) in [4.78, 5) is 2.28. The number of nitrogens with zero attached hydrogens (tertiary/aromatic N) is 2. The molecular formula is C9H17N3. The molecule has 1 rings (SSSR count). The van der Waals surface area contributed by atoms with Gasteiger partial charge in [-0.2, -0.15) is 5.26 Å². The average Bonchev–Trinajstić information content (AvgIpc) is 2.06. The highest BCUT2D eigenvalue weighted by Crippen LogP contribution is 2.25. The molecule has 1 saturated heterocycles. The quantitative estimate of drug-likeness (QED) is 0.616. The molecule has 2 unspecified atom stereocenters. The molecule has 0 aromatic carbocycles. The molecule has 0 aromatic rings. The zero-order valence-electron chi connectivity index (χ0n) is 8.09. The van der Waals surface area contributed by atoms with Gasteiger partial charge < -0.3 is 10.2 Å². The van der Waals surface area contributed by atoms with Gasteiger partial charge in [0.2, 0.25) is 0 Å². The maximum absolute atomic E-state index is 9.07. The first kappa shape index (κ1) is 9.50. The predicted octanol–water partition coefficient (Wildman–Crippen LogP) is 0.440. The topological polar surface area (TPSA) is 39.1 Å². The van der Waals surface area contributed by atoms with Gasteiger partial charge in [-0.1, -0.05) is 6.92 Å². The van der Waals surface area contributed by atoms with E-state index in [4.69, 9.17) is 5.26 Å². The van der Waals surface area contributed by atoms with Gasteiger partial charge in [0, 0.05) is 19.0 Å². The molecule has 0 amide bonds. The Morgan fingerprint density at radius 3 is 2.75 bits per heavy atom. The summed E-state index contributed by atoms with van der Waals surface area (Å²) in [7, 11) is 3.98. The summed E-state index contributed by atoms with van der Waals surface area (Å²) in [5.74, 6) is 0.409. The van der Waals surface area contributed by atoms with Crippen LogP contribution in [0.3, 0.4) is 0 Å². The van der Waals surface area contributed by atoms with Gasteiger partial charge in [0.05, 0.1) is 6.07 Å². The first-order chi connectivity index (χ1) is 5.64. The van der Waals surface area contributed by atoms with Crippen LogP contribution in [0.25, 0.3) is 0 Å². The minimum atomic E-state index is -0.285. The molecular weight excluding hydrogens is 150 g/mol. The maximum Gasteiger partial charge on any atom is 0.111 e. The van der Waals surface area contributed by atoms with Gasteiger partial charge in [-0.25, -0.2) is 0 Å². The minimum absolute atomic E-state index is 0.285. The van der Waals surface area contributed by atoms with Crippen molar-refractivity contribution < 1.29 is 0 Å². The van der Waals surface area contributed by atoms with Crippen molar-refractivity contribution >= 4 is 0 Å². The Labute approximate surface area is 74.4 Å². The van der Waals surface area contributed by atoms with Gasteiger partial charge in [-0.05, 0) is 20.5 Å². The summed E-state index contributed by atoms with van der Waals surface area (Å²) in [6.07, 6.45) is 0.928. The molecule has 2 atom stereocenters. The molecule has 1 aliphatic rings. The maximum atomic E-state index is 9.07. The summed E-state index contributed by atoms with van der Waals surface area (Å²) in [5.41, 5.74) is -0.285. The Hall–Kier alpha value is -0.590. The molecule has 3 nitrogen and oxygen atoms in total. The Morgan fingerprint density at radius 2 is 2.33 bits per heavy atom. The molecule has 0 aliphatic carbocycles. The van der Waals surface area contributed by atoms with E-state index in [9.17, 15) is 0 Å². The molecule has 0 radical (unpaired) electrons. The third-order valence-electron chi connectivity index (χ3n) is 2.96. The average molecular weight is 167 g/mol. The SMILES string of the molecule is CNC1(C#N)CCN(C)CC1C. The lowest BCUT2D eigenvalue weighted by Gasteiger charge is -2.40. The number of rotatable bonds is 1. The highest BCUT2D eigenvalue weighted by molar-refractivity contribution is 5.11. The lowest BCUT2D eigenvalue weighted by atomic mass is 9.80. The molecule has 68 valence electrons. The molecule has 0 bridgehead atoms. The van der Waals surface area contributed by atoms with Crippen LogP contribution in [0.1, 0.15) is 13.3 Å². The molecule has 1 heterocycles. The summed E-state index contributed by atoms with van der Waals surface area (Å²) < 4.78 is 0. The summed E-state index contributed by atoms with van der Waals surface area (Å²) in [6.45, 7) is 4.16. The molecule has 12 heavy (non-hydrogen) atoms. The van der Waals surface area contributed by atoms with Crippen molar-refractivity contribution in [1.29, 1.82) is 5.26 Å². The first-order valence-corrected chi connectivity index (χ1v) is 4.43. The number of hydrogen-bond donors (Lipinski definition) is 1. The van der Waals surface area contributed by atoms with Gasteiger partial charge in [-0.3, -0.25) is 0 Å². The molecule has 0 aromatic heterocycles. The van der Waals surface area contributed by atoms with E-state index in [0.29, 0.717) is 5.92 Å². The van der Waals surface area contributed by atoms with E-state index >= 15 is 0 Å². The fraction of sp³-hybridized carbons (Fsp3) is 0.889. The highest BCUT2D eigenvalue weighted by atomic mass is 15.1. The van der Waals surface area contributed by atoms with E-state index < -0.39 is 0 Å². The number of likely N-dealkylation sites (tertiary alicyclic amines) is 1. The van der Waals surface area contributed by atoms with Crippen molar-refractivity contribution in [3.8, 4) is 6.07 Å². The highest BCUT2D eigenvalue weighted by Gasteiger charge is 2.38. The fourth-order valence-corrected chi connectivity index (χ4v) is 1.92. The molecule has 3 heteroatoms. The van der Waals surface area contributed by atoms with Gasteiger partial charge in [0.15, 0.2) is 0 Å².